The molecule has 0 bridgehead atoms. The summed E-state index contributed by atoms with van der Waals surface area (Å²) in [5, 5.41) is 2.33. The van der Waals surface area contributed by atoms with Crippen molar-refractivity contribution in [2.24, 2.45) is 0 Å². The lowest BCUT2D eigenvalue weighted by Crippen LogP contribution is -2.25. The molecule has 0 spiro atoms. The smallest absolute Gasteiger partial charge is 0.137 e. The maximum absolute atomic E-state index is 7.06. The molecule has 8 aromatic carbocycles. The van der Waals surface area contributed by atoms with Crippen molar-refractivity contribution in [1.29, 1.82) is 0 Å². The van der Waals surface area contributed by atoms with Crippen LogP contribution in [0.4, 0.5) is 22.7 Å². The first kappa shape index (κ1) is 44.6. The molecule has 0 radical (unpaired) electrons. The van der Waals surface area contributed by atoms with Crippen LogP contribution in [0.1, 0.15) is 77.6 Å². The lowest BCUT2D eigenvalue weighted by atomic mass is 9.77. The van der Waals surface area contributed by atoms with Gasteiger partial charge in [-0.1, -0.05) is 177 Å². The summed E-state index contributed by atoms with van der Waals surface area (Å²) in [5.74, 6) is 2.40. The number of aromatic nitrogens is 2. The molecular weight excluding hydrogens is 853 g/mol. The first-order valence-electron chi connectivity index (χ1n) is 24.5. The van der Waals surface area contributed by atoms with Gasteiger partial charge in [0.25, 0.3) is 0 Å². The van der Waals surface area contributed by atoms with E-state index in [0.29, 0.717) is 6.67 Å². The summed E-state index contributed by atoms with van der Waals surface area (Å²) >= 11 is 0. The number of pyridine rings is 1. The Hall–Kier alpha value is -7.89. The highest BCUT2D eigenvalue weighted by Gasteiger charge is 2.33. The maximum atomic E-state index is 7.06. The molecule has 3 heterocycles. The van der Waals surface area contributed by atoms with E-state index in [0.717, 1.165) is 61.9 Å². The molecule has 70 heavy (non-hydrogen) atoms. The van der Waals surface area contributed by atoms with Crippen LogP contribution in [0, 0.1) is 0 Å². The Labute approximate surface area is 413 Å². The predicted molar refractivity (Wildman–Crippen MR) is 294 cm³/mol. The predicted octanol–water partition coefficient (Wildman–Crippen LogP) is 17.5. The highest BCUT2D eigenvalue weighted by Crippen LogP contribution is 2.49. The summed E-state index contributed by atoms with van der Waals surface area (Å²) in [5.41, 5.74) is 16.0. The Bertz CT molecular complexity index is 3540. The Morgan fingerprint density at radius 1 is 0.400 bits per heavy atom. The molecule has 0 saturated carbocycles. The quantitative estimate of drug-likeness (QED) is 0.144. The van der Waals surface area contributed by atoms with Crippen LogP contribution in [0.2, 0.25) is 0 Å². The summed E-state index contributed by atoms with van der Waals surface area (Å²) in [7, 11) is 0. The fraction of sp³-hybridized carbons (Fsp3) is 0.185. The highest BCUT2D eigenvalue weighted by atomic mass is 16.5. The van der Waals surface area contributed by atoms with Crippen molar-refractivity contribution in [3.8, 4) is 39.6 Å². The number of rotatable bonds is 9. The highest BCUT2D eigenvalue weighted by molar-refractivity contribution is 6.09. The zero-order valence-corrected chi connectivity index (χ0v) is 41.5. The number of fused-ring (bicyclic) bond motifs is 4. The van der Waals surface area contributed by atoms with Gasteiger partial charge in [-0.15, -0.1) is 0 Å². The van der Waals surface area contributed by atoms with E-state index in [-0.39, 0.29) is 16.2 Å². The van der Waals surface area contributed by atoms with Crippen molar-refractivity contribution in [3.05, 3.63) is 229 Å². The normalized spacial score (nSPS) is 13.0. The average molecular weight is 913 g/mol. The SMILES string of the molecule is CC(C)(C)c1ccnc(-n2c3ccccc3c3ccc(Oc4cc(-c5ccccc5)cc(N5CN(c6cc(-c7ccccc7)cc(C(C)(C)c7ccccc7)c6)c6cc(C(C)(C)C)ccc65)c4)cc32)c1. The van der Waals surface area contributed by atoms with Gasteiger partial charge in [-0.3, -0.25) is 4.57 Å². The van der Waals surface area contributed by atoms with Crippen LogP contribution in [0.25, 0.3) is 49.9 Å². The van der Waals surface area contributed by atoms with Gasteiger partial charge in [0, 0.05) is 45.9 Å². The van der Waals surface area contributed by atoms with E-state index in [4.69, 9.17) is 9.72 Å². The first-order chi connectivity index (χ1) is 33.7. The summed E-state index contributed by atoms with van der Waals surface area (Å²) in [4.78, 5) is 9.90. The Morgan fingerprint density at radius 2 is 0.986 bits per heavy atom. The number of hydrogen-bond donors (Lipinski definition) is 0. The van der Waals surface area contributed by atoms with E-state index in [1.165, 1.54) is 44.5 Å². The number of benzene rings is 8. The number of hydrogen-bond acceptors (Lipinski definition) is 4. The molecule has 0 fully saturated rings. The molecular formula is C65H60N4O. The third kappa shape index (κ3) is 8.30. The fourth-order valence-electron chi connectivity index (χ4n) is 10.1. The third-order valence-electron chi connectivity index (χ3n) is 14.3. The van der Waals surface area contributed by atoms with Crippen LogP contribution in [0.5, 0.6) is 11.5 Å². The number of ether oxygens (including phenoxy) is 1. The van der Waals surface area contributed by atoms with E-state index in [1.807, 2.05) is 6.20 Å². The number of para-hydroxylation sites is 1. The standard InChI is InChI=1S/C65H60N4O/c1-63(2,3)49-28-31-59-61(39-49)68(52-35-46(44-20-12-9-13-21-44)34-51(38-52)65(7,8)48-24-16-11-17-25-48)43-67(59)53-36-47(45-22-14-10-15-23-45)37-55(41-53)70-54-29-30-57-56-26-18-19-27-58(56)69(60(57)42-54)62-40-50(32-33-66-62)64(4,5)6/h9-42H,43H2,1-8H3. The van der Waals surface area contributed by atoms with Gasteiger partial charge >= 0.3 is 0 Å². The molecule has 5 nitrogen and oxygen atoms in total. The van der Waals surface area contributed by atoms with E-state index < -0.39 is 0 Å². The maximum Gasteiger partial charge on any atom is 0.137 e. The van der Waals surface area contributed by atoms with Crippen molar-refractivity contribution in [1.82, 2.24) is 9.55 Å². The molecule has 0 saturated heterocycles. The summed E-state index contributed by atoms with van der Waals surface area (Å²) in [6, 6.07) is 72.6. The summed E-state index contributed by atoms with van der Waals surface area (Å²) in [6.07, 6.45) is 1.93. The number of nitrogens with zero attached hydrogens (tertiary/aromatic N) is 4. The van der Waals surface area contributed by atoms with E-state index in [2.05, 4.69) is 270 Å². The molecule has 0 amide bonds. The summed E-state index contributed by atoms with van der Waals surface area (Å²) < 4.78 is 9.34. The van der Waals surface area contributed by atoms with Crippen molar-refractivity contribution >= 4 is 44.6 Å². The van der Waals surface area contributed by atoms with Crippen LogP contribution in [-0.2, 0) is 16.2 Å². The second-order valence-electron chi connectivity index (χ2n) is 21.4. The second-order valence-corrected chi connectivity index (χ2v) is 21.4. The number of anilines is 4. The lowest BCUT2D eigenvalue weighted by molar-refractivity contribution is 0.483. The van der Waals surface area contributed by atoms with Crippen molar-refractivity contribution in [3.63, 3.8) is 0 Å². The van der Waals surface area contributed by atoms with Gasteiger partial charge in [-0.05, 0) is 122 Å². The molecule has 11 rings (SSSR count). The third-order valence-corrected chi connectivity index (χ3v) is 14.3. The van der Waals surface area contributed by atoms with E-state index in [9.17, 15) is 0 Å². The van der Waals surface area contributed by atoms with E-state index >= 15 is 0 Å². The van der Waals surface area contributed by atoms with Crippen LogP contribution >= 0.6 is 0 Å². The molecule has 0 atom stereocenters. The largest absolute Gasteiger partial charge is 0.457 e. The van der Waals surface area contributed by atoms with Gasteiger partial charge in [0.1, 0.15) is 24.0 Å². The van der Waals surface area contributed by atoms with E-state index in [1.54, 1.807) is 0 Å². The topological polar surface area (TPSA) is 33.5 Å². The van der Waals surface area contributed by atoms with Gasteiger partial charge in [0.2, 0.25) is 0 Å². The van der Waals surface area contributed by atoms with Crippen LogP contribution < -0.4 is 14.5 Å². The van der Waals surface area contributed by atoms with Crippen molar-refractivity contribution in [2.75, 3.05) is 16.5 Å². The van der Waals surface area contributed by atoms with Gasteiger partial charge in [0.05, 0.1) is 22.4 Å². The molecule has 1 aliphatic rings. The summed E-state index contributed by atoms with van der Waals surface area (Å²) in [6.45, 7) is 18.9. The van der Waals surface area contributed by atoms with Crippen LogP contribution in [-0.4, -0.2) is 16.2 Å². The molecule has 0 aliphatic carbocycles. The molecule has 346 valence electrons. The lowest BCUT2D eigenvalue weighted by Gasteiger charge is -2.30. The van der Waals surface area contributed by atoms with Crippen molar-refractivity contribution < 1.29 is 4.74 Å². The van der Waals surface area contributed by atoms with Gasteiger partial charge in [-0.2, -0.15) is 0 Å². The van der Waals surface area contributed by atoms with Crippen LogP contribution in [0.15, 0.2) is 206 Å². The molecule has 0 N–H and O–H groups in total. The van der Waals surface area contributed by atoms with Gasteiger partial charge < -0.3 is 14.5 Å². The zero-order valence-electron chi connectivity index (χ0n) is 41.5. The average Bonchev–Trinajstić information content (AvgIpc) is 3.92. The molecule has 2 aromatic heterocycles. The Kier molecular flexibility index (Phi) is 11.0. The van der Waals surface area contributed by atoms with Crippen molar-refractivity contribution in [2.45, 2.75) is 71.6 Å². The molecule has 0 unspecified atom stereocenters. The van der Waals surface area contributed by atoms with Gasteiger partial charge in [-0.25, -0.2) is 4.98 Å². The van der Waals surface area contributed by atoms with Gasteiger partial charge in [0.15, 0.2) is 0 Å². The molecule has 10 aromatic rings. The first-order valence-corrected chi connectivity index (χ1v) is 24.5. The second kappa shape index (κ2) is 17.3. The molecule has 1 aliphatic heterocycles. The molecule has 5 heteroatoms. The Balaban J connectivity index is 1.05. The monoisotopic (exact) mass is 912 g/mol. The Morgan fingerprint density at radius 3 is 1.67 bits per heavy atom. The fourth-order valence-corrected chi connectivity index (χ4v) is 10.1. The minimum Gasteiger partial charge on any atom is -0.457 e. The zero-order chi connectivity index (χ0) is 48.4. The minimum atomic E-state index is -0.253. The van der Waals surface area contributed by atoms with Crippen LogP contribution in [0.3, 0.4) is 0 Å². The minimum absolute atomic E-state index is 0.0254.